The molecule has 15 heteroatoms. The summed E-state index contributed by atoms with van der Waals surface area (Å²) in [4.78, 5) is 61.6. The molecule has 2 aliphatic rings. The van der Waals surface area contributed by atoms with Crippen LogP contribution in [0, 0.1) is 39.0 Å². The average molecular weight is 593 g/mol. The van der Waals surface area contributed by atoms with E-state index in [1.807, 2.05) is 26.0 Å². The maximum Gasteiger partial charge on any atom is 0.334 e. The highest BCUT2D eigenvalue weighted by atomic mass is 35.5. The number of esters is 1. The summed E-state index contributed by atoms with van der Waals surface area (Å²) in [7, 11) is 0. The SMILES string of the molecule is Cc1ncc2c(c1OC(=O)[C@@H](CC(C)C)NC(=O)C1C[C@H](O[N+](=O)[O-])[C@H](O[N+](=O)[O-])C1)CO[C@H]2c1ccc(Cl)cc1. The number of pyridine rings is 1. The predicted molar refractivity (Wildman–Crippen MR) is 141 cm³/mol. The highest BCUT2D eigenvalue weighted by Crippen LogP contribution is 2.41. The molecule has 14 nitrogen and oxygen atoms in total. The normalized spacial score (nSPS) is 22.1. The minimum Gasteiger partial charge on any atom is -0.423 e. The van der Waals surface area contributed by atoms with Crippen molar-refractivity contribution in [3.63, 3.8) is 0 Å². The molecular weight excluding hydrogens is 564 g/mol. The highest BCUT2D eigenvalue weighted by molar-refractivity contribution is 6.30. The molecule has 41 heavy (non-hydrogen) atoms. The monoisotopic (exact) mass is 592 g/mol. The number of aromatic nitrogens is 1. The summed E-state index contributed by atoms with van der Waals surface area (Å²) in [6, 6.07) is 6.11. The first kappa shape index (κ1) is 29.9. The third kappa shape index (κ3) is 7.19. The molecule has 1 fully saturated rings. The molecule has 1 aliphatic carbocycles. The van der Waals surface area contributed by atoms with Crippen molar-refractivity contribution in [2.75, 3.05) is 0 Å². The fourth-order valence-corrected chi connectivity index (χ4v) is 5.22. The van der Waals surface area contributed by atoms with E-state index in [4.69, 9.17) is 21.1 Å². The Morgan fingerprint density at radius 2 is 1.73 bits per heavy atom. The maximum absolute atomic E-state index is 13.4. The number of carbonyl (C=O) groups excluding carboxylic acids is 2. The Hall–Kier alpha value is -4.04. The molecule has 1 unspecified atom stereocenters. The Kier molecular flexibility index (Phi) is 9.23. The number of benzene rings is 1. The smallest absolute Gasteiger partial charge is 0.334 e. The fourth-order valence-electron chi connectivity index (χ4n) is 5.10. The Morgan fingerprint density at radius 3 is 2.29 bits per heavy atom. The number of carbonyl (C=O) groups is 2. The number of rotatable bonds is 11. The number of hydrogen-bond donors (Lipinski definition) is 1. The van der Waals surface area contributed by atoms with Crippen molar-refractivity contribution in [1.29, 1.82) is 0 Å². The van der Waals surface area contributed by atoms with Gasteiger partial charge in [-0.2, -0.15) is 0 Å². The molecule has 1 aromatic heterocycles. The Morgan fingerprint density at radius 1 is 1.12 bits per heavy atom. The second-order valence-electron chi connectivity index (χ2n) is 10.4. The number of ether oxygens (including phenoxy) is 2. The van der Waals surface area contributed by atoms with E-state index in [0.717, 1.165) is 11.1 Å². The topological polar surface area (TPSA) is 182 Å². The zero-order chi connectivity index (χ0) is 29.8. The lowest BCUT2D eigenvalue weighted by atomic mass is 10.00. The predicted octanol–water partition coefficient (Wildman–Crippen LogP) is 3.66. The zero-order valence-electron chi connectivity index (χ0n) is 22.5. The minimum atomic E-state index is -1.31. The molecule has 220 valence electrons. The van der Waals surface area contributed by atoms with E-state index in [0.29, 0.717) is 16.3 Å². The number of nitrogens with one attached hydrogen (secondary N) is 1. The van der Waals surface area contributed by atoms with E-state index in [1.54, 1.807) is 25.3 Å². The Balaban J connectivity index is 1.50. The summed E-state index contributed by atoms with van der Waals surface area (Å²) in [5, 5.41) is 22.7. The van der Waals surface area contributed by atoms with E-state index in [-0.39, 0.29) is 37.5 Å². The van der Waals surface area contributed by atoms with E-state index in [1.165, 1.54) is 0 Å². The quantitative estimate of drug-likeness (QED) is 0.228. The van der Waals surface area contributed by atoms with Gasteiger partial charge >= 0.3 is 5.97 Å². The standard InChI is InChI=1S/C26H29ClN4O10/c1-13(2)8-20(29-25(32)16-9-21(40-30(34)35)22(10-16)41-31(36)37)26(33)39-23-14(3)28-11-18-19(23)12-38-24(18)15-4-6-17(27)7-5-15/h4-7,11,13,16,20-22,24H,8-10,12H2,1-3H3,(H,29,32)/t16?,20-,21-,22+,24+/m1/s1. The number of amides is 1. The first-order valence-corrected chi connectivity index (χ1v) is 13.3. The summed E-state index contributed by atoms with van der Waals surface area (Å²) in [5.74, 6) is -2.06. The largest absolute Gasteiger partial charge is 0.423 e. The van der Waals surface area contributed by atoms with Crippen LogP contribution in [0.3, 0.4) is 0 Å². The van der Waals surface area contributed by atoms with Gasteiger partial charge in [0.05, 0.1) is 12.3 Å². The summed E-state index contributed by atoms with van der Waals surface area (Å²) in [6.45, 7) is 5.59. The van der Waals surface area contributed by atoms with Crippen LogP contribution in [0.25, 0.3) is 0 Å². The molecule has 1 amide bonds. The van der Waals surface area contributed by atoms with Crippen LogP contribution in [-0.4, -0.2) is 45.3 Å². The van der Waals surface area contributed by atoms with Gasteiger partial charge in [0.25, 0.3) is 10.2 Å². The number of aryl methyl sites for hydroxylation is 1. The van der Waals surface area contributed by atoms with Crippen molar-refractivity contribution >= 4 is 23.5 Å². The number of halogens is 1. The van der Waals surface area contributed by atoms with Crippen LogP contribution < -0.4 is 10.1 Å². The third-order valence-electron chi connectivity index (χ3n) is 6.97. The molecule has 5 atom stereocenters. The van der Waals surface area contributed by atoms with Crippen LogP contribution in [-0.2, 0) is 30.6 Å². The molecule has 2 heterocycles. The molecule has 1 saturated carbocycles. The van der Waals surface area contributed by atoms with E-state index in [9.17, 15) is 29.8 Å². The van der Waals surface area contributed by atoms with Crippen LogP contribution >= 0.6 is 11.6 Å². The first-order chi connectivity index (χ1) is 19.4. The van der Waals surface area contributed by atoms with Crippen molar-refractivity contribution in [2.45, 2.75) is 71.0 Å². The van der Waals surface area contributed by atoms with Gasteiger partial charge in [0.15, 0.2) is 5.75 Å². The second kappa shape index (κ2) is 12.6. The summed E-state index contributed by atoms with van der Waals surface area (Å²) < 4.78 is 11.8. The van der Waals surface area contributed by atoms with Gasteiger partial charge < -0.3 is 24.5 Å². The Labute approximate surface area is 239 Å². The molecule has 0 bridgehead atoms. The van der Waals surface area contributed by atoms with Gasteiger partial charge in [-0.15, -0.1) is 20.2 Å². The van der Waals surface area contributed by atoms with E-state index in [2.05, 4.69) is 20.0 Å². The molecule has 2 aromatic rings. The number of hydrogen-bond acceptors (Lipinski definition) is 11. The van der Waals surface area contributed by atoms with Gasteiger partial charge in [0.2, 0.25) is 5.91 Å². The van der Waals surface area contributed by atoms with Gasteiger partial charge in [-0.3, -0.25) is 9.78 Å². The molecule has 0 radical (unpaired) electrons. The maximum atomic E-state index is 13.4. The average Bonchev–Trinajstić information content (AvgIpc) is 3.49. The summed E-state index contributed by atoms with van der Waals surface area (Å²) in [5.41, 5.74) is 2.72. The van der Waals surface area contributed by atoms with Crippen molar-refractivity contribution in [3.05, 3.63) is 78.1 Å². The van der Waals surface area contributed by atoms with Crippen LogP contribution in [0.4, 0.5) is 0 Å². The van der Waals surface area contributed by atoms with Crippen LogP contribution in [0.15, 0.2) is 30.5 Å². The zero-order valence-corrected chi connectivity index (χ0v) is 23.2. The molecule has 0 spiro atoms. The minimum absolute atomic E-state index is 0.0223. The molecule has 1 N–H and O–H groups in total. The van der Waals surface area contributed by atoms with Gasteiger partial charge in [-0.1, -0.05) is 37.6 Å². The summed E-state index contributed by atoms with van der Waals surface area (Å²) >= 11 is 6.01. The fraction of sp³-hybridized carbons (Fsp3) is 0.500. The van der Waals surface area contributed by atoms with Crippen molar-refractivity contribution in [2.24, 2.45) is 11.8 Å². The molecule has 4 rings (SSSR count). The highest BCUT2D eigenvalue weighted by Gasteiger charge is 2.43. The Bertz CT molecular complexity index is 1300. The van der Waals surface area contributed by atoms with E-state index < -0.39 is 52.3 Å². The third-order valence-corrected chi connectivity index (χ3v) is 7.22. The van der Waals surface area contributed by atoms with E-state index >= 15 is 0 Å². The lowest BCUT2D eigenvalue weighted by molar-refractivity contribution is -0.797. The van der Waals surface area contributed by atoms with Gasteiger partial charge in [0.1, 0.15) is 24.4 Å². The van der Waals surface area contributed by atoms with Crippen molar-refractivity contribution < 1.29 is 38.9 Å². The molecule has 1 aliphatic heterocycles. The van der Waals surface area contributed by atoms with Crippen molar-refractivity contribution in [3.8, 4) is 5.75 Å². The van der Waals surface area contributed by atoms with Gasteiger partial charge in [0, 0.05) is 28.3 Å². The molecular formula is C26H29ClN4O10. The number of nitrogens with zero attached hydrogens (tertiary/aromatic N) is 3. The molecule has 1 aromatic carbocycles. The molecule has 0 saturated heterocycles. The second-order valence-corrected chi connectivity index (χ2v) is 10.8. The van der Waals surface area contributed by atoms with Gasteiger partial charge in [-0.25, -0.2) is 4.79 Å². The number of fused-ring (bicyclic) bond motifs is 1. The lowest BCUT2D eigenvalue weighted by Gasteiger charge is -2.22. The van der Waals surface area contributed by atoms with Crippen LogP contribution in [0.1, 0.15) is 61.6 Å². The first-order valence-electron chi connectivity index (χ1n) is 12.9. The van der Waals surface area contributed by atoms with Gasteiger partial charge in [-0.05, 0) is 49.8 Å². The lowest BCUT2D eigenvalue weighted by Crippen LogP contribution is -2.46. The summed E-state index contributed by atoms with van der Waals surface area (Å²) in [6.07, 6.45) is -1.54. The van der Waals surface area contributed by atoms with Crippen molar-refractivity contribution in [1.82, 2.24) is 10.3 Å². The van der Waals surface area contributed by atoms with Crippen LogP contribution in [0.5, 0.6) is 5.75 Å². The van der Waals surface area contributed by atoms with Crippen LogP contribution in [0.2, 0.25) is 5.02 Å².